The quantitative estimate of drug-likeness (QED) is 0.874. The molecule has 16 heavy (non-hydrogen) atoms. The standard InChI is InChI=1S/C10H16N2O3S/c1-7-10(8(2)15-11-7)16(13,14)12-9-5-3-4-6-9/h9,12H,3-6H2,1-2H3. The summed E-state index contributed by atoms with van der Waals surface area (Å²) in [6.45, 7) is 3.25. The molecule has 1 aliphatic rings. The van der Waals surface area contributed by atoms with E-state index in [4.69, 9.17) is 4.52 Å². The van der Waals surface area contributed by atoms with E-state index >= 15 is 0 Å². The summed E-state index contributed by atoms with van der Waals surface area (Å²) in [5.41, 5.74) is 0.419. The number of nitrogens with zero attached hydrogens (tertiary/aromatic N) is 1. The molecule has 0 spiro atoms. The maximum atomic E-state index is 12.1. The Balaban J connectivity index is 2.25. The molecule has 0 bridgehead atoms. The fraction of sp³-hybridized carbons (Fsp3) is 0.700. The SMILES string of the molecule is Cc1noc(C)c1S(=O)(=O)NC1CCCC1. The molecule has 90 valence electrons. The fourth-order valence-corrected chi connectivity index (χ4v) is 3.81. The van der Waals surface area contributed by atoms with Gasteiger partial charge in [-0.1, -0.05) is 18.0 Å². The van der Waals surface area contributed by atoms with Crippen LogP contribution in [0.15, 0.2) is 9.42 Å². The Morgan fingerprint density at radius 1 is 1.31 bits per heavy atom. The number of nitrogens with one attached hydrogen (secondary N) is 1. The molecule has 2 rings (SSSR count). The summed E-state index contributed by atoms with van der Waals surface area (Å²) < 4.78 is 31.7. The van der Waals surface area contributed by atoms with Gasteiger partial charge in [0.25, 0.3) is 0 Å². The predicted molar refractivity (Wildman–Crippen MR) is 58.6 cm³/mol. The number of rotatable bonds is 3. The first-order chi connectivity index (χ1) is 7.50. The number of aryl methyl sites for hydroxylation is 2. The lowest BCUT2D eigenvalue weighted by Gasteiger charge is -2.11. The second-order valence-corrected chi connectivity index (χ2v) is 5.91. The van der Waals surface area contributed by atoms with Crippen LogP contribution >= 0.6 is 0 Å². The molecule has 0 radical (unpaired) electrons. The third-order valence-electron chi connectivity index (χ3n) is 2.91. The lowest BCUT2D eigenvalue weighted by atomic mass is 10.3. The number of aromatic nitrogens is 1. The molecule has 1 saturated carbocycles. The number of hydrogen-bond acceptors (Lipinski definition) is 4. The van der Waals surface area contributed by atoms with Crippen LogP contribution in [-0.2, 0) is 10.0 Å². The van der Waals surface area contributed by atoms with Gasteiger partial charge in [0, 0.05) is 6.04 Å². The highest BCUT2D eigenvalue weighted by Crippen LogP contribution is 2.23. The van der Waals surface area contributed by atoms with Crippen molar-refractivity contribution < 1.29 is 12.9 Å². The molecule has 1 aliphatic carbocycles. The molecule has 0 saturated heterocycles. The molecule has 6 heteroatoms. The molecule has 0 aromatic carbocycles. The van der Waals surface area contributed by atoms with Crippen molar-refractivity contribution in [2.45, 2.75) is 50.5 Å². The van der Waals surface area contributed by atoms with Crippen molar-refractivity contribution in [1.82, 2.24) is 9.88 Å². The minimum Gasteiger partial charge on any atom is -0.360 e. The molecule has 5 nitrogen and oxygen atoms in total. The van der Waals surface area contributed by atoms with E-state index in [1.807, 2.05) is 0 Å². The van der Waals surface area contributed by atoms with Crippen LogP contribution in [0.3, 0.4) is 0 Å². The molecule has 1 fully saturated rings. The highest BCUT2D eigenvalue weighted by molar-refractivity contribution is 7.89. The molecule has 0 amide bonds. The average Bonchev–Trinajstić information content (AvgIpc) is 2.76. The number of hydrogen-bond donors (Lipinski definition) is 1. The van der Waals surface area contributed by atoms with Gasteiger partial charge in [-0.05, 0) is 26.7 Å². The van der Waals surface area contributed by atoms with Gasteiger partial charge in [0.15, 0.2) is 5.76 Å². The maximum absolute atomic E-state index is 12.1. The Bertz CT molecular complexity index is 453. The van der Waals surface area contributed by atoms with E-state index in [0.29, 0.717) is 11.5 Å². The van der Waals surface area contributed by atoms with Gasteiger partial charge in [-0.2, -0.15) is 0 Å². The highest BCUT2D eigenvalue weighted by Gasteiger charge is 2.28. The van der Waals surface area contributed by atoms with Crippen molar-refractivity contribution in [3.63, 3.8) is 0 Å². The second-order valence-electron chi connectivity index (χ2n) is 4.26. The summed E-state index contributed by atoms with van der Waals surface area (Å²) in [5.74, 6) is 0.350. The van der Waals surface area contributed by atoms with Crippen LogP contribution in [0.25, 0.3) is 0 Å². The van der Waals surface area contributed by atoms with Crippen LogP contribution in [0.1, 0.15) is 37.1 Å². The van der Waals surface area contributed by atoms with Crippen LogP contribution in [0.2, 0.25) is 0 Å². The summed E-state index contributed by atoms with van der Waals surface area (Å²) in [6.07, 6.45) is 4.02. The van der Waals surface area contributed by atoms with Crippen LogP contribution < -0.4 is 4.72 Å². The van der Waals surface area contributed by atoms with E-state index in [9.17, 15) is 8.42 Å². The van der Waals surface area contributed by atoms with Gasteiger partial charge in [-0.25, -0.2) is 13.1 Å². The highest BCUT2D eigenvalue weighted by atomic mass is 32.2. The largest absolute Gasteiger partial charge is 0.360 e. The van der Waals surface area contributed by atoms with Gasteiger partial charge in [0.2, 0.25) is 10.0 Å². The molecule has 1 N–H and O–H groups in total. The molecule has 1 heterocycles. The number of sulfonamides is 1. The van der Waals surface area contributed by atoms with E-state index in [1.54, 1.807) is 13.8 Å². The summed E-state index contributed by atoms with van der Waals surface area (Å²) in [4.78, 5) is 0.194. The maximum Gasteiger partial charge on any atom is 0.246 e. The minimum absolute atomic E-state index is 0.0682. The first-order valence-corrected chi connectivity index (χ1v) is 6.94. The van der Waals surface area contributed by atoms with Crippen LogP contribution in [0.5, 0.6) is 0 Å². The Hall–Kier alpha value is -0.880. The Kier molecular flexibility index (Phi) is 3.03. The lowest BCUT2D eigenvalue weighted by Crippen LogP contribution is -2.33. The third kappa shape index (κ3) is 2.12. The topological polar surface area (TPSA) is 72.2 Å². The van der Waals surface area contributed by atoms with Gasteiger partial charge in [-0.15, -0.1) is 0 Å². The van der Waals surface area contributed by atoms with E-state index in [2.05, 4.69) is 9.88 Å². The zero-order chi connectivity index (χ0) is 11.8. The molecule has 0 aliphatic heterocycles. The molecule has 0 unspecified atom stereocenters. The summed E-state index contributed by atoms with van der Waals surface area (Å²) in [6, 6.07) is 0.0682. The minimum atomic E-state index is -3.47. The van der Waals surface area contributed by atoms with Crippen molar-refractivity contribution in [3.05, 3.63) is 11.5 Å². The summed E-state index contributed by atoms with van der Waals surface area (Å²) >= 11 is 0. The van der Waals surface area contributed by atoms with Crippen molar-refractivity contribution >= 4 is 10.0 Å². The zero-order valence-corrected chi connectivity index (χ0v) is 10.3. The molecule has 1 aromatic heterocycles. The average molecular weight is 244 g/mol. The first kappa shape index (κ1) is 11.6. The molecule has 1 aromatic rings. The third-order valence-corrected chi connectivity index (χ3v) is 4.68. The van der Waals surface area contributed by atoms with Crippen molar-refractivity contribution in [2.24, 2.45) is 0 Å². The van der Waals surface area contributed by atoms with Gasteiger partial charge in [-0.3, -0.25) is 0 Å². The van der Waals surface area contributed by atoms with Crippen molar-refractivity contribution in [3.8, 4) is 0 Å². The fourth-order valence-electron chi connectivity index (χ4n) is 2.18. The smallest absolute Gasteiger partial charge is 0.246 e. The Labute approximate surface area is 95.3 Å². The van der Waals surface area contributed by atoms with E-state index in [-0.39, 0.29) is 10.9 Å². The van der Waals surface area contributed by atoms with E-state index < -0.39 is 10.0 Å². The van der Waals surface area contributed by atoms with Crippen molar-refractivity contribution in [1.29, 1.82) is 0 Å². The van der Waals surface area contributed by atoms with Gasteiger partial charge >= 0.3 is 0 Å². The summed E-state index contributed by atoms with van der Waals surface area (Å²) in [7, 11) is -3.47. The van der Waals surface area contributed by atoms with E-state index in [0.717, 1.165) is 25.7 Å². The first-order valence-electron chi connectivity index (χ1n) is 5.46. The van der Waals surface area contributed by atoms with Crippen LogP contribution in [0, 0.1) is 13.8 Å². The zero-order valence-electron chi connectivity index (χ0n) is 9.49. The lowest BCUT2D eigenvalue weighted by molar-refractivity contribution is 0.390. The van der Waals surface area contributed by atoms with Gasteiger partial charge < -0.3 is 4.52 Å². The molecule has 0 atom stereocenters. The predicted octanol–water partition coefficient (Wildman–Crippen LogP) is 1.51. The van der Waals surface area contributed by atoms with Crippen LogP contribution in [0.4, 0.5) is 0 Å². The van der Waals surface area contributed by atoms with Gasteiger partial charge in [0.05, 0.1) is 0 Å². The van der Waals surface area contributed by atoms with Gasteiger partial charge in [0.1, 0.15) is 10.6 Å². The van der Waals surface area contributed by atoms with E-state index in [1.165, 1.54) is 0 Å². The van der Waals surface area contributed by atoms with Crippen LogP contribution in [-0.4, -0.2) is 19.6 Å². The Morgan fingerprint density at radius 3 is 2.44 bits per heavy atom. The monoisotopic (exact) mass is 244 g/mol. The summed E-state index contributed by atoms with van der Waals surface area (Å²) in [5, 5.41) is 3.66. The molecular formula is C10H16N2O3S. The Morgan fingerprint density at radius 2 is 1.94 bits per heavy atom. The van der Waals surface area contributed by atoms with Crippen molar-refractivity contribution in [2.75, 3.05) is 0 Å². The second kappa shape index (κ2) is 4.18. The molecular weight excluding hydrogens is 228 g/mol. The normalized spacial score (nSPS) is 18.1.